The number of rotatable bonds is 5. The Labute approximate surface area is 159 Å². The van der Waals surface area contributed by atoms with E-state index in [9.17, 15) is 0 Å². The number of benzene rings is 2. The molecule has 0 atom stereocenters. The molecule has 0 aliphatic rings. The highest BCUT2D eigenvalue weighted by Gasteiger charge is 2.10. The Balaban J connectivity index is 1.74. The van der Waals surface area contributed by atoms with Gasteiger partial charge in [0, 0.05) is 23.3 Å². The van der Waals surface area contributed by atoms with E-state index in [1.807, 2.05) is 48.7 Å². The van der Waals surface area contributed by atoms with Crippen molar-refractivity contribution in [2.45, 2.75) is 20.5 Å². The molecular weight excluding hydrogens is 332 g/mol. The SMILES string of the molecule is CC(C)=Cc1cn(-c2ccccn2)c2ccc(OCc3ccccc3)cc12. The molecule has 4 rings (SSSR count). The largest absolute Gasteiger partial charge is 0.489 e. The zero-order chi connectivity index (χ0) is 18.6. The molecule has 0 spiro atoms. The highest BCUT2D eigenvalue weighted by Crippen LogP contribution is 2.30. The molecule has 2 aromatic heterocycles. The fourth-order valence-corrected chi connectivity index (χ4v) is 3.18. The monoisotopic (exact) mass is 354 g/mol. The van der Waals surface area contributed by atoms with E-state index in [1.165, 1.54) is 11.1 Å². The van der Waals surface area contributed by atoms with Crippen LogP contribution in [0.2, 0.25) is 0 Å². The maximum absolute atomic E-state index is 6.03. The van der Waals surface area contributed by atoms with Crippen molar-refractivity contribution in [2.75, 3.05) is 0 Å². The van der Waals surface area contributed by atoms with E-state index in [0.717, 1.165) is 28.0 Å². The third-order valence-corrected chi connectivity index (χ3v) is 4.40. The molecule has 0 saturated carbocycles. The van der Waals surface area contributed by atoms with Gasteiger partial charge in [-0.1, -0.05) is 48.0 Å². The average molecular weight is 354 g/mol. The first-order valence-electron chi connectivity index (χ1n) is 9.09. The van der Waals surface area contributed by atoms with Gasteiger partial charge in [-0.25, -0.2) is 4.98 Å². The molecule has 0 unspecified atom stereocenters. The van der Waals surface area contributed by atoms with E-state index < -0.39 is 0 Å². The lowest BCUT2D eigenvalue weighted by Crippen LogP contribution is -1.96. The van der Waals surface area contributed by atoms with E-state index in [-0.39, 0.29) is 0 Å². The molecule has 0 N–H and O–H groups in total. The van der Waals surface area contributed by atoms with Gasteiger partial charge in [-0.3, -0.25) is 0 Å². The fraction of sp³-hybridized carbons (Fsp3) is 0.125. The molecule has 0 radical (unpaired) electrons. The first kappa shape index (κ1) is 17.1. The minimum absolute atomic E-state index is 0.561. The summed E-state index contributed by atoms with van der Waals surface area (Å²) in [6, 6.07) is 22.4. The molecule has 27 heavy (non-hydrogen) atoms. The second kappa shape index (κ2) is 7.50. The number of nitrogens with zero attached hydrogens (tertiary/aromatic N) is 2. The topological polar surface area (TPSA) is 27.1 Å². The number of hydrogen-bond acceptors (Lipinski definition) is 2. The Morgan fingerprint density at radius 3 is 2.56 bits per heavy atom. The van der Waals surface area contributed by atoms with Crippen LogP contribution in [-0.4, -0.2) is 9.55 Å². The standard InChI is InChI=1S/C24H22N2O/c1-18(2)14-20-16-26(24-10-6-7-13-25-24)23-12-11-21(15-22(20)23)27-17-19-8-4-3-5-9-19/h3-16H,17H2,1-2H3. The lowest BCUT2D eigenvalue weighted by Gasteiger charge is -2.08. The zero-order valence-corrected chi connectivity index (χ0v) is 15.6. The van der Waals surface area contributed by atoms with Crippen LogP contribution in [0.15, 0.2) is 84.7 Å². The van der Waals surface area contributed by atoms with Gasteiger partial charge in [-0.2, -0.15) is 0 Å². The molecule has 0 bridgehead atoms. The van der Waals surface area contributed by atoms with Gasteiger partial charge in [0.05, 0.1) is 5.52 Å². The molecule has 0 amide bonds. The van der Waals surface area contributed by atoms with Crippen LogP contribution in [0.3, 0.4) is 0 Å². The van der Waals surface area contributed by atoms with Crippen LogP contribution in [0, 0.1) is 0 Å². The Morgan fingerprint density at radius 1 is 1.00 bits per heavy atom. The molecule has 2 aromatic carbocycles. The third kappa shape index (κ3) is 3.77. The molecular formula is C24H22N2O. The highest BCUT2D eigenvalue weighted by atomic mass is 16.5. The minimum atomic E-state index is 0.561. The van der Waals surface area contributed by atoms with E-state index >= 15 is 0 Å². The summed E-state index contributed by atoms with van der Waals surface area (Å²) in [4.78, 5) is 4.50. The summed E-state index contributed by atoms with van der Waals surface area (Å²) in [6.07, 6.45) is 6.16. The van der Waals surface area contributed by atoms with Crippen molar-refractivity contribution in [3.8, 4) is 11.6 Å². The summed E-state index contributed by atoms with van der Waals surface area (Å²) >= 11 is 0. The van der Waals surface area contributed by atoms with Crippen molar-refractivity contribution >= 4 is 17.0 Å². The van der Waals surface area contributed by atoms with E-state index in [0.29, 0.717) is 6.61 Å². The molecule has 0 fully saturated rings. The molecule has 4 aromatic rings. The van der Waals surface area contributed by atoms with Gasteiger partial charge in [0.25, 0.3) is 0 Å². The highest BCUT2D eigenvalue weighted by molar-refractivity contribution is 5.92. The molecule has 3 heteroatoms. The normalized spacial score (nSPS) is 10.7. The van der Waals surface area contributed by atoms with Gasteiger partial charge < -0.3 is 9.30 Å². The van der Waals surface area contributed by atoms with Gasteiger partial charge in [0.1, 0.15) is 18.2 Å². The molecule has 134 valence electrons. The maximum atomic E-state index is 6.03. The van der Waals surface area contributed by atoms with Crippen molar-refractivity contribution in [1.29, 1.82) is 0 Å². The smallest absolute Gasteiger partial charge is 0.137 e. The number of fused-ring (bicyclic) bond motifs is 1. The van der Waals surface area contributed by atoms with Crippen LogP contribution in [0.4, 0.5) is 0 Å². The van der Waals surface area contributed by atoms with Gasteiger partial charge in [-0.05, 0) is 49.7 Å². The Hall–Kier alpha value is -3.33. The van der Waals surface area contributed by atoms with Crippen LogP contribution in [0.25, 0.3) is 22.8 Å². The number of ether oxygens (including phenoxy) is 1. The Kier molecular flexibility index (Phi) is 4.75. The van der Waals surface area contributed by atoms with E-state index in [4.69, 9.17) is 4.74 Å². The number of pyridine rings is 1. The second-order valence-electron chi connectivity index (χ2n) is 6.82. The molecule has 0 aliphatic heterocycles. The van der Waals surface area contributed by atoms with E-state index in [1.54, 1.807) is 0 Å². The predicted octanol–water partition coefficient (Wildman–Crippen LogP) is 6.03. The number of allylic oxidation sites excluding steroid dienone is 1. The zero-order valence-electron chi connectivity index (χ0n) is 15.6. The lowest BCUT2D eigenvalue weighted by atomic mass is 10.1. The molecule has 0 saturated heterocycles. The summed E-state index contributed by atoms with van der Waals surface area (Å²) in [7, 11) is 0. The molecule has 2 heterocycles. The summed E-state index contributed by atoms with van der Waals surface area (Å²) in [5, 5.41) is 1.16. The van der Waals surface area contributed by atoms with E-state index in [2.05, 4.69) is 59.9 Å². The minimum Gasteiger partial charge on any atom is -0.489 e. The average Bonchev–Trinajstić information content (AvgIpc) is 3.05. The van der Waals surface area contributed by atoms with Gasteiger partial charge in [0.2, 0.25) is 0 Å². The predicted molar refractivity (Wildman–Crippen MR) is 111 cm³/mol. The van der Waals surface area contributed by atoms with Crippen molar-refractivity contribution in [2.24, 2.45) is 0 Å². The molecule has 0 aliphatic carbocycles. The third-order valence-electron chi connectivity index (χ3n) is 4.40. The lowest BCUT2D eigenvalue weighted by molar-refractivity contribution is 0.306. The van der Waals surface area contributed by atoms with Crippen molar-refractivity contribution in [3.05, 3.63) is 95.8 Å². The summed E-state index contributed by atoms with van der Waals surface area (Å²) < 4.78 is 8.16. The van der Waals surface area contributed by atoms with Crippen LogP contribution < -0.4 is 4.74 Å². The van der Waals surface area contributed by atoms with Crippen LogP contribution >= 0.6 is 0 Å². The quantitative estimate of drug-likeness (QED) is 0.438. The van der Waals surface area contributed by atoms with Crippen LogP contribution in [0.5, 0.6) is 5.75 Å². The summed E-state index contributed by atoms with van der Waals surface area (Å²) in [5.41, 5.74) is 4.70. The number of hydrogen-bond donors (Lipinski definition) is 0. The number of aromatic nitrogens is 2. The van der Waals surface area contributed by atoms with Crippen molar-refractivity contribution < 1.29 is 4.74 Å². The van der Waals surface area contributed by atoms with Crippen LogP contribution in [-0.2, 0) is 6.61 Å². The maximum Gasteiger partial charge on any atom is 0.137 e. The fourth-order valence-electron chi connectivity index (χ4n) is 3.18. The van der Waals surface area contributed by atoms with Crippen molar-refractivity contribution in [3.63, 3.8) is 0 Å². The first-order valence-corrected chi connectivity index (χ1v) is 9.09. The van der Waals surface area contributed by atoms with Gasteiger partial charge in [0.15, 0.2) is 0 Å². The van der Waals surface area contributed by atoms with Gasteiger partial charge in [-0.15, -0.1) is 0 Å². The summed E-state index contributed by atoms with van der Waals surface area (Å²) in [6.45, 7) is 4.78. The Morgan fingerprint density at radius 2 is 1.81 bits per heavy atom. The first-order chi connectivity index (χ1) is 13.2. The van der Waals surface area contributed by atoms with Crippen LogP contribution in [0.1, 0.15) is 25.0 Å². The molecule has 3 nitrogen and oxygen atoms in total. The summed E-state index contributed by atoms with van der Waals surface area (Å²) in [5.74, 6) is 1.78. The second-order valence-corrected chi connectivity index (χ2v) is 6.82. The Bertz CT molecular complexity index is 1080. The van der Waals surface area contributed by atoms with Crippen molar-refractivity contribution in [1.82, 2.24) is 9.55 Å². The van der Waals surface area contributed by atoms with Gasteiger partial charge >= 0.3 is 0 Å².